The van der Waals surface area contributed by atoms with Crippen molar-refractivity contribution in [3.05, 3.63) is 29.8 Å². The maximum absolute atomic E-state index is 14.3. The van der Waals surface area contributed by atoms with Gasteiger partial charge in [-0.2, -0.15) is 0 Å². The lowest BCUT2D eigenvalue weighted by Gasteiger charge is -2.29. The van der Waals surface area contributed by atoms with Gasteiger partial charge in [0.2, 0.25) is 53.7 Å². The summed E-state index contributed by atoms with van der Waals surface area (Å²) in [7, 11) is 1.64. The molecule has 4 rings (SSSR count). The van der Waals surface area contributed by atoms with Crippen LogP contribution >= 0.6 is 11.8 Å². The van der Waals surface area contributed by atoms with Gasteiger partial charge in [-0.3, -0.25) is 58.8 Å². The van der Waals surface area contributed by atoms with E-state index in [1.54, 1.807) is 39.1 Å². The molecule has 3 heterocycles. The number of nitrogens with two attached hydrogens (primary N) is 1. The van der Waals surface area contributed by atoms with E-state index in [-0.39, 0.29) is 31.5 Å². The summed E-state index contributed by atoms with van der Waals surface area (Å²) < 4.78 is 0. The first kappa shape index (κ1) is 48.4. The molecule has 1 fully saturated rings. The maximum Gasteiger partial charge on any atom is 0.260 e. The fraction of sp³-hybridized carbons (Fsp3) is 0.526. The molecule has 2 aliphatic rings. The highest BCUT2D eigenvalue weighted by atomic mass is 32.2. The number of β-amino-alcohol motifs (C(OH)–C–C–N with tert-alkyl or cyclic N) is 1. The number of hydrogen-bond donors (Lipinski definition) is 12. The number of thioether (sulfide) groups is 1. The number of para-hydroxylation sites is 1. The summed E-state index contributed by atoms with van der Waals surface area (Å²) in [5.41, 5.74) is 11.0. The number of carbonyl (C=O) groups is 10. The highest BCUT2D eigenvalue weighted by molar-refractivity contribution is 7.99. The molecule has 1 aromatic carbocycles. The van der Waals surface area contributed by atoms with E-state index < -0.39 is 121 Å². The number of primary amides is 1. The number of amides is 10. The van der Waals surface area contributed by atoms with Crippen molar-refractivity contribution >= 4 is 82.2 Å². The van der Waals surface area contributed by atoms with Gasteiger partial charge in [-0.1, -0.05) is 38.5 Å². The molecule has 13 N–H and O–H groups in total. The molecule has 1 saturated heterocycles. The fourth-order valence-corrected chi connectivity index (χ4v) is 7.99. The Balaban J connectivity index is 1.71. The summed E-state index contributed by atoms with van der Waals surface area (Å²) >= 11 is 1.08. The highest BCUT2D eigenvalue weighted by Gasteiger charge is 2.42. The van der Waals surface area contributed by atoms with Gasteiger partial charge in [-0.05, 0) is 26.0 Å². The third kappa shape index (κ3) is 12.9. The molecule has 0 aliphatic carbocycles. The number of hydrazine groups is 1. The average molecular weight is 887 g/mol. The van der Waals surface area contributed by atoms with Gasteiger partial charge in [0, 0.05) is 47.6 Å². The molecule has 24 heteroatoms. The molecule has 8 atom stereocenters. The normalized spacial score (nSPS) is 23.0. The zero-order chi connectivity index (χ0) is 45.7. The van der Waals surface area contributed by atoms with Crippen LogP contribution in [0.25, 0.3) is 10.9 Å². The van der Waals surface area contributed by atoms with Crippen LogP contribution in [0.4, 0.5) is 0 Å². The number of hydrogen-bond acceptors (Lipinski definition) is 13. The molecule has 0 bridgehead atoms. The second-order valence-electron chi connectivity index (χ2n) is 14.9. The second kappa shape index (κ2) is 22.5. The topological polar surface area (TPSA) is 344 Å². The van der Waals surface area contributed by atoms with E-state index in [1.165, 1.54) is 6.92 Å². The molecule has 338 valence electrons. The Morgan fingerprint density at radius 2 is 1.69 bits per heavy atom. The van der Waals surface area contributed by atoms with Gasteiger partial charge >= 0.3 is 0 Å². The average Bonchev–Trinajstić information content (AvgIpc) is 3.82. The molecule has 2 aliphatic heterocycles. The number of nitrogens with one attached hydrogen (secondary N) is 10. The van der Waals surface area contributed by atoms with Gasteiger partial charge in [-0.15, -0.1) is 11.8 Å². The number of nitrogens with zero attached hydrogens (tertiary/aromatic N) is 1. The number of aromatic nitrogens is 1. The van der Waals surface area contributed by atoms with Crippen molar-refractivity contribution < 1.29 is 53.1 Å². The summed E-state index contributed by atoms with van der Waals surface area (Å²) in [4.78, 5) is 134. The number of H-pyrrole nitrogens is 1. The molecule has 0 spiro atoms. The van der Waals surface area contributed by atoms with Crippen LogP contribution in [0.5, 0.6) is 0 Å². The van der Waals surface area contributed by atoms with Crippen molar-refractivity contribution in [3.63, 3.8) is 0 Å². The third-order valence-corrected chi connectivity index (χ3v) is 11.6. The summed E-state index contributed by atoms with van der Waals surface area (Å²) in [6.45, 7) is 3.41. The van der Waals surface area contributed by atoms with Crippen LogP contribution in [0.3, 0.4) is 0 Å². The zero-order valence-electron chi connectivity index (χ0n) is 34.6. The predicted octanol–water partition coefficient (Wildman–Crippen LogP) is -4.22. The SMILES string of the molecule is CC[C@H](C)[C@@H]1NC(=O)CNC(=O)C[C@H](NC)c2c([nH]c3ccccc23)SC[C@@H](C(=O)NC(CC(=O)NNC(=O)[C@H](C)NC=O)C(=O)N2C[C@H](O)C[C@H]2C(N)=O)NC(=O)CNC1=O. The van der Waals surface area contributed by atoms with Gasteiger partial charge < -0.3 is 57.9 Å². The lowest BCUT2D eigenvalue weighted by atomic mass is 9.98. The molecule has 1 unspecified atom stereocenters. The number of aliphatic hydroxyl groups excluding tert-OH is 1. The van der Waals surface area contributed by atoms with Crippen LogP contribution in [-0.4, -0.2) is 143 Å². The fourth-order valence-electron chi connectivity index (χ4n) is 6.84. The minimum atomic E-state index is -1.76. The summed E-state index contributed by atoms with van der Waals surface area (Å²) in [6, 6.07) is -0.121. The van der Waals surface area contributed by atoms with Gasteiger partial charge in [0.25, 0.3) is 5.91 Å². The lowest BCUT2D eigenvalue weighted by Crippen LogP contribution is -2.59. The quantitative estimate of drug-likeness (QED) is 0.0711. The van der Waals surface area contributed by atoms with Crippen molar-refractivity contribution in [1.82, 2.24) is 58.0 Å². The summed E-state index contributed by atoms with van der Waals surface area (Å²) in [5, 5.41) is 29.6. The number of aliphatic hydroxyl groups is 1. The minimum Gasteiger partial charge on any atom is -0.391 e. The van der Waals surface area contributed by atoms with Crippen molar-refractivity contribution in [3.8, 4) is 0 Å². The largest absolute Gasteiger partial charge is 0.391 e. The van der Waals surface area contributed by atoms with Gasteiger partial charge in [0.05, 0.1) is 30.6 Å². The van der Waals surface area contributed by atoms with Crippen LogP contribution in [0.15, 0.2) is 29.3 Å². The Morgan fingerprint density at radius 3 is 2.37 bits per heavy atom. The number of benzene rings is 1. The molecular formula is C38H54N12O11S. The zero-order valence-corrected chi connectivity index (χ0v) is 35.4. The predicted molar refractivity (Wildman–Crippen MR) is 222 cm³/mol. The van der Waals surface area contributed by atoms with E-state index in [1.807, 2.05) is 6.07 Å². The molecular weight excluding hydrogens is 833 g/mol. The first-order valence-electron chi connectivity index (χ1n) is 19.9. The summed E-state index contributed by atoms with van der Waals surface area (Å²) in [6.07, 6.45) is -1.60. The van der Waals surface area contributed by atoms with Crippen LogP contribution in [-0.2, 0) is 47.9 Å². The highest BCUT2D eigenvalue weighted by Crippen LogP contribution is 2.36. The molecule has 0 saturated carbocycles. The van der Waals surface area contributed by atoms with Crippen molar-refractivity contribution in [1.29, 1.82) is 0 Å². The molecule has 62 heavy (non-hydrogen) atoms. The smallest absolute Gasteiger partial charge is 0.260 e. The summed E-state index contributed by atoms with van der Waals surface area (Å²) in [5.74, 6) is -8.05. The van der Waals surface area contributed by atoms with Crippen LogP contribution in [0.2, 0.25) is 0 Å². The Kier molecular flexibility index (Phi) is 17.6. The Morgan fingerprint density at radius 1 is 1.00 bits per heavy atom. The first-order chi connectivity index (χ1) is 29.5. The molecule has 10 amide bonds. The Bertz CT molecular complexity index is 2030. The van der Waals surface area contributed by atoms with Gasteiger partial charge in [0.15, 0.2) is 0 Å². The van der Waals surface area contributed by atoms with E-state index in [0.717, 1.165) is 22.0 Å². The van der Waals surface area contributed by atoms with Crippen molar-refractivity contribution in [2.45, 2.75) is 93.8 Å². The number of fused-ring (bicyclic) bond motifs is 3. The Labute approximate surface area is 360 Å². The van der Waals surface area contributed by atoms with Crippen molar-refractivity contribution in [2.75, 3.05) is 32.4 Å². The van der Waals surface area contributed by atoms with E-state index in [4.69, 9.17) is 5.73 Å². The van der Waals surface area contributed by atoms with Gasteiger partial charge in [-0.25, -0.2) is 0 Å². The van der Waals surface area contributed by atoms with Crippen LogP contribution in [0, 0.1) is 5.92 Å². The maximum atomic E-state index is 14.3. The minimum absolute atomic E-state index is 0.134. The molecule has 0 radical (unpaired) electrons. The monoisotopic (exact) mass is 886 g/mol. The molecule has 1 aromatic heterocycles. The van der Waals surface area contributed by atoms with E-state index in [2.05, 4.69) is 53.1 Å². The first-order valence-corrected chi connectivity index (χ1v) is 20.9. The Hall–Kier alpha value is -6.27. The molecule has 2 aromatic rings. The number of aromatic amines is 1. The van der Waals surface area contributed by atoms with E-state index in [9.17, 15) is 53.1 Å². The van der Waals surface area contributed by atoms with Crippen LogP contribution in [0.1, 0.15) is 58.1 Å². The molecule has 23 nitrogen and oxygen atoms in total. The van der Waals surface area contributed by atoms with Crippen molar-refractivity contribution in [2.24, 2.45) is 11.7 Å². The standard InChI is InChI=1S/C38H54N12O11S/c1-5-18(2)32-36(60)42-14-29(55)44-25(16-62-37-31(21-8-6-7-9-22(21)46-37)23(40-4)11-27(53)41-13-30(56)47-32)35(59)45-24(12-28(54)48-49-34(58)19(3)43-17-51)38(61)50-15-20(52)10-26(50)33(39)57/h6-9,17-20,23-26,32,40,46,52H,5,10-16H2,1-4H3,(H2,39,57)(H,41,53)(H,42,60)(H,43,51)(H,44,55)(H,45,59)(H,47,56)(H,48,54)(H,49,58)/t18-,19-,20+,23-,24?,25-,26-,32-/m0/s1. The van der Waals surface area contributed by atoms with E-state index in [0.29, 0.717) is 22.5 Å². The second-order valence-corrected chi connectivity index (χ2v) is 16.0. The van der Waals surface area contributed by atoms with Crippen LogP contribution < -0.4 is 53.8 Å². The van der Waals surface area contributed by atoms with Gasteiger partial charge in [0.1, 0.15) is 30.2 Å². The lowest BCUT2D eigenvalue weighted by molar-refractivity contribution is -0.142. The number of carbonyl (C=O) groups excluding carboxylic acids is 10. The number of likely N-dealkylation sites (tertiary alicyclic amines) is 1. The van der Waals surface area contributed by atoms with E-state index >= 15 is 0 Å². The number of rotatable bonds is 12. The third-order valence-electron chi connectivity index (χ3n) is 10.5.